The fraction of sp³-hybridized carbons (Fsp3) is 0.474. The van der Waals surface area contributed by atoms with Gasteiger partial charge in [-0.2, -0.15) is 0 Å². The number of hydrogen-bond donors (Lipinski definition) is 2. The topological polar surface area (TPSA) is 59.1 Å². The number of nitrogens with zero attached hydrogens (tertiary/aromatic N) is 2. The third kappa shape index (κ3) is 4.52. The predicted octanol–water partition coefficient (Wildman–Crippen LogP) is 3.92. The van der Waals surface area contributed by atoms with Gasteiger partial charge in [-0.05, 0) is 42.0 Å². The van der Waals surface area contributed by atoms with E-state index in [0.717, 1.165) is 17.7 Å². The Kier molecular flexibility index (Phi) is 5.94. The fourth-order valence-corrected chi connectivity index (χ4v) is 2.76. The summed E-state index contributed by atoms with van der Waals surface area (Å²) in [6.45, 7) is 6.19. The van der Waals surface area contributed by atoms with Gasteiger partial charge in [0.2, 0.25) is 5.95 Å². The summed E-state index contributed by atoms with van der Waals surface area (Å²) in [5.41, 5.74) is 2.37. The number of hydrogen-bond acceptors (Lipinski definition) is 5. The van der Waals surface area contributed by atoms with E-state index in [4.69, 9.17) is 4.74 Å². The van der Waals surface area contributed by atoms with Crippen LogP contribution >= 0.6 is 0 Å². The maximum Gasteiger partial charge on any atom is 0.227 e. The van der Waals surface area contributed by atoms with Gasteiger partial charge >= 0.3 is 0 Å². The normalized spacial score (nSPS) is 19.7. The van der Waals surface area contributed by atoms with Crippen LogP contribution < -0.4 is 10.6 Å². The summed E-state index contributed by atoms with van der Waals surface area (Å²) < 4.78 is 20.0. The maximum absolute atomic E-state index is 14.3. The molecule has 134 valence electrons. The van der Waals surface area contributed by atoms with Crippen molar-refractivity contribution in [2.75, 3.05) is 25.0 Å². The zero-order chi connectivity index (χ0) is 17.6. The zero-order valence-electron chi connectivity index (χ0n) is 14.8. The Hall–Kier alpha value is -2.05. The zero-order valence-corrected chi connectivity index (χ0v) is 14.8. The third-order valence-corrected chi connectivity index (χ3v) is 4.26. The number of aromatic nitrogens is 2. The molecule has 1 aliphatic carbocycles. The smallest absolute Gasteiger partial charge is 0.227 e. The van der Waals surface area contributed by atoms with Crippen LogP contribution in [0.2, 0.25) is 0 Å². The van der Waals surface area contributed by atoms with Gasteiger partial charge in [0.15, 0.2) is 0 Å². The van der Waals surface area contributed by atoms with Crippen LogP contribution in [0.5, 0.6) is 0 Å². The van der Waals surface area contributed by atoms with E-state index < -0.39 is 0 Å². The Bertz CT molecular complexity index is 682. The highest BCUT2D eigenvalue weighted by Gasteiger charge is 2.24. The standard InChI is InChI=1S/C17H19FN4O.C2H6/c18-14-7-12(16-10-19-5-6-23-16)3-4-15(14)22-17-20-8-13(9-21-17)11-1-2-11;1-2/h3-4,7-9,11,16,19H,1-2,5-6,10H2,(H,20,21,22);1-2H3. The molecule has 1 unspecified atom stereocenters. The third-order valence-electron chi connectivity index (χ3n) is 4.26. The summed E-state index contributed by atoms with van der Waals surface area (Å²) in [6, 6.07) is 5.10. The lowest BCUT2D eigenvalue weighted by atomic mass is 10.1. The van der Waals surface area contributed by atoms with E-state index in [-0.39, 0.29) is 11.9 Å². The molecule has 1 aromatic carbocycles. The number of morpholine rings is 1. The van der Waals surface area contributed by atoms with E-state index in [0.29, 0.717) is 30.7 Å². The number of rotatable bonds is 4. The van der Waals surface area contributed by atoms with E-state index in [1.165, 1.54) is 18.9 Å². The van der Waals surface area contributed by atoms with Crippen molar-refractivity contribution in [3.63, 3.8) is 0 Å². The Morgan fingerprint density at radius 2 is 1.92 bits per heavy atom. The van der Waals surface area contributed by atoms with Crippen LogP contribution in [-0.4, -0.2) is 29.7 Å². The number of ether oxygens (including phenoxy) is 1. The van der Waals surface area contributed by atoms with Gasteiger partial charge < -0.3 is 15.4 Å². The molecule has 4 rings (SSSR count). The van der Waals surface area contributed by atoms with Crippen LogP contribution in [0.4, 0.5) is 16.0 Å². The molecular formula is C19H25FN4O. The van der Waals surface area contributed by atoms with Gasteiger partial charge in [-0.3, -0.25) is 0 Å². The van der Waals surface area contributed by atoms with Gasteiger partial charge in [0.1, 0.15) is 5.82 Å². The first-order valence-electron chi connectivity index (χ1n) is 9.00. The average molecular weight is 344 g/mol. The van der Waals surface area contributed by atoms with Crippen molar-refractivity contribution in [2.45, 2.75) is 38.7 Å². The average Bonchev–Trinajstić information content (AvgIpc) is 3.52. The van der Waals surface area contributed by atoms with Crippen LogP contribution in [0.3, 0.4) is 0 Å². The van der Waals surface area contributed by atoms with E-state index in [1.807, 2.05) is 32.3 Å². The second kappa shape index (κ2) is 8.36. The summed E-state index contributed by atoms with van der Waals surface area (Å²) in [7, 11) is 0. The van der Waals surface area contributed by atoms with Crippen LogP contribution in [0.25, 0.3) is 0 Å². The van der Waals surface area contributed by atoms with Crippen LogP contribution in [0, 0.1) is 5.82 Å². The Morgan fingerprint density at radius 3 is 2.52 bits per heavy atom. The molecule has 0 radical (unpaired) electrons. The molecular weight excluding hydrogens is 319 g/mol. The minimum Gasteiger partial charge on any atom is -0.371 e. The van der Waals surface area contributed by atoms with Crippen molar-refractivity contribution in [1.82, 2.24) is 15.3 Å². The SMILES string of the molecule is CC.Fc1cc(C2CNCCO2)ccc1Nc1ncc(C2CC2)cn1. The molecule has 0 amide bonds. The number of benzene rings is 1. The highest BCUT2D eigenvalue weighted by Crippen LogP contribution is 2.39. The molecule has 25 heavy (non-hydrogen) atoms. The molecule has 1 aromatic heterocycles. The molecule has 0 spiro atoms. The lowest BCUT2D eigenvalue weighted by Crippen LogP contribution is -2.33. The van der Waals surface area contributed by atoms with Gasteiger partial charge in [-0.15, -0.1) is 0 Å². The molecule has 2 fully saturated rings. The summed E-state index contributed by atoms with van der Waals surface area (Å²) in [5, 5.41) is 6.18. The van der Waals surface area contributed by atoms with E-state index in [1.54, 1.807) is 6.07 Å². The summed E-state index contributed by atoms with van der Waals surface area (Å²) in [6.07, 6.45) is 5.97. The molecule has 1 atom stereocenters. The van der Waals surface area contributed by atoms with Gasteiger partial charge in [0.25, 0.3) is 0 Å². The second-order valence-electron chi connectivity index (χ2n) is 6.04. The van der Waals surface area contributed by atoms with Crippen LogP contribution in [0.1, 0.15) is 49.8 Å². The summed E-state index contributed by atoms with van der Waals surface area (Å²) >= 11 is 0. The number of halogens is 1. The highest BCUT2D eigenvalue weighted by molar-refractivity contribution is 5.55. The Labute approximate surface area is 148 Å². The second-order valence-corrected chi connectivity index (χ2v) is 6.04. The Balaban J connectivity index is 0.000000880. The predicted molar refractivity (Wildman–Crippen MR) is 96.6 cm³/mol. The fourth-order valence-electron chi connectivity index (χ4n) is 2.76. The summed E-state index contributed by atoms with van der Waals surface area (Å²) in [5.74, 6) is 0.701. The van der Waals surface area contributed by atoms with Gasteiger partial charge in [0.05, 0.1) is 18.4 Å². The van der Waals surface area contributed by atoms with E-state index in [2.05, 4.69) is 20.6 Å². The van der Waals surface area contributed by atoms with E-state index in [9.17, 15) is 4.39 Å². The minimum absolute atomic E-state index is 0.0959. The Morgan fingerprint density at radius 1 is 1.16 bits per heavy atom. The molecule has 6 heteroatoms. The monoisotopic (exact) mass is 344 g/mol. The van der Waals surface area contributed by atoms with Crippen LogP contribution in [0.15, 0.2) is 30.6 Å². The van der Waals surface area contributed by atoms with E-state index >= 15 is 0 Å². The van der Waals surface area contributed by atoms with Gasteiger partial charge in [0, 0.05) is 25.5 Å². The highest BCUT2D eigenvalue weighted by atomic mass is 19.1. The number of nitrogens with one attached hydrogen (secondary N) is 2. The minimum atomic E-state index is -0.327. The first kappa shape index (κ1) is 17.8. The molecule has 0 bridgehead atoms. The lowest BCUT2D eigenvalue weighted by Gasteiger charge is -2.24. The van der Waals surface area contributed by atoms with Crippen molar-refractivity contribution in [3.8, 4) is 0 Å². The summed E-state index contributed by atoms with van der Waals surface area (Å²) in [4.78, 5) is 8.53. The first-order chi connectivity index (χ1) is 12.3. The van der Waals surface area contributed by atoms with Crippen molar-refractivity contribution in [2.24, 2.45) is 0 Å². The lowest BCUT2D eigenvalue weighted by molar-refractivity contribution is 0.0275. The van der Waals surface area contributed by atoms with Crippen molar-refractivity contribution in [3.05, 3.63) is 47.5 Å². The van der Waals surface area contributed by atoms with Gasteiger partial charge in [-0.25, -0.2) is 14.4 Å². The molecule has 5 nitrogen and oxygen atoms in total. The van der Waals surface area contributed by atoms with Crippen molar-refractivity contribution in [1.29, 1.82) is 0 Å². The quantitative estimate of drug-likeness (QED) is 0.880. The molecule has 1 saturated heterocycles. The molecule has 2 heterocycles. The molecule has 1 aliphatic heterocycles. The number of anilines is 2. The molecule has 2 aliphatic rings. The maximum atomic E-state index is 14.3. The van der Waals surface area contributed by atoms with Crippen molar-refractivity contribution < 1.29 is 9.13 Å². The largest absolute Gasteiger partial charge is 0.371 e. The first-order valence-corrected chi connectivity index (χ1v) is 9.00. The molecule has 2 N–H and O–H groups in total. The molecule has 2 aromatic rings. The van der Waals surface area contributed by atoms with Crippen LogP contribution in [-0.2, 0) is 4.74 Å². The van der Waals surface area contributed by atoms with Gasteiger partial charge in [-0.1, -0.05) is 19.9 Å². The van der Waals surface area contributed by atoms with Crippen molar-refractivity contribution >= 4 is 11.6 Å². The molecule has 1 saturated carbocycles.